The molecule has 0 aliphatic rings. The Balaban J connectivity index is 2.65. The molecule has 1 aromatic rings. The van der Waals surface area contributed by atoms with Crippen LogP contribution in [0.1, 0.15) is 26.3 Å². The largest absolute Gasteiger partial charge is 0.482 e. The summed E-state index contributed by atoms with van der Waals surface area (Å²) < 4.78 is 6.10. The summed E-state index contributed by atoms with van der Waals surface area (Å²) in [5.41, 5.74) is 0.337. The molecule has 0 saturated heterocycles. The third-order valence-corrected chi connectivity index (χ3v) is 3.34. The SMILES string of the molecule is CC(=O)C(NC(=O)COc1ccc(Br)cc1C#N)C(C)C. The van der Waals surface area contributed by atoms with Crippen LogP contribution in [0.5, 0.6) is 5.75 Å². The van der Waals surface area contributed by atoms with E-state index >= 15 is 0 Å². The average molecular weight is 353 g/mol. The molecule has 0 spiro atoms. The molecule has 21 heavy (non-hydrogen) atoms. The van der Waals surface area contributed by atoms with Gasteiger partial charge in [0.1, 0.15) is 11.8 Å². The van der Waals surface area contributed by atoms with Crippen molar-refractivity contribution >= 4 is 27.6 Å². The van der Waals surface area contributed by atoms with Crippen molar-refractivity contribution in [1.82, 2.24) is 5.32 Å². The highest BCUT2D eigenvalue weighted by Gasteiger charge is 2.20. The van der Waals surface area contributed by atoms with Crippen molar-refractivity contribution in [1.29, 1.82) is 5.26 Å². The van der Waals surface area contributed by atoms with E-state index in [9.17, 15) is 9.59 Å². The van der Waals surface area contributed by atoms with Crippen LogP contribution in [0.4, 0.5) is 0 Å². The van der Waals surface area contributed by atoms with Gasteiger partial charge in [0.25, 0.3) is 5.91 Å². The normalized spacial score (nSPS) is 11.6. The quantitative estimate of drug-likeness (QED) is 0.852. The lowest BCUT2D eigenvalue weighted by Gasteiger charge is -2.19. The number of Topliss-reactive ketones (excluding diaryl/α,β-unsaturated/α-hetero) is 1. The fraction of sp³-hybridized carbons (Fsp3) is 0.400. The van der Waals surface area contributed by atoms with Gasteiger partial charge in [-0.15, -0.1) is 0 Å². The standard InChI is InChI=1S/C15H17BrN2O3/c1-9(2)15(10(3)19)18-14(20)8-21-13-5-4-12(16)6-11(13)7-17/h4-6,9,15H,8H2,1-3H3,(H,18,20). The Hall–Kier alpha value is -1.87. The molecule has 0 radical (unpaired) electrons. The Labute approximate surface area is 132 Å². The smallest absolute Gasteiger partial charge is 0.258 e. The van der Waals surface area contributed by atoms with Crippen LogP contribution in [0.25, 0.3) is 0 Å². The van der Waals surface area contributed by atoms with E-state index in [0.29, 0.717) is 11.3 Å². The molecular formula is C15H17BrN2O3. The molecule has 1 N–H and O–H groups in total. The molecule has 0 bridgehead atoms. The lowest BCUT2D eigenvalue weighted by molar-refractivity contribution is -0.129. The molecule has 1 atom stereocenters. The van der Waals surface area contributed by atoms with Gasteiger partial charge < -0.3 is 10.1 Å². The number of hydrogen-bond acceptors (Lipinski definition) is 4. The molecule has 6 heteroatoms. The maximum Gasteiger partial charge on any atom is 0.258 e. The minimum Gasteiger partial charge on any atom is -0.482 e. The zero-order valence-electron chi connectivity index (χ0n) is 12.1. The van der Waals surface area contributed by atoms with Crippen molar-refractivity contribution in [2.45, 2.75) is 26.8 Å². The summed E-state index contributed by atoms with van der Waals surface area (Å²) in [5.74, 6) is -0.149. The average Bonchev–Trinajstić information content (AvgIpc) is 2.42. The van der Waals surface area contributed by atoms with Gasteiger partial charge in [0.2, 0.25) is 0 Å². The molecule has 0 aliphatic heterocycles. The Morgan fingerprint density at radius 1 is 1.43 bits per heavy atom. The minimum atomic E-state index is -0.526. The van der Waals surface area contributed by atoms with Crippen molar-refractivity contribution in [2.75, 3.05) is 6.61 Å². The predicted molar refractivity (Wildman–Crippen MR) is 81.8 cm³/mol. The van der Waals surface area contributed by atoms with Gasteiger partial charge in [-0.3, -0.25) is 9.59 Å². The van der Waals surface area contributed by atoms with E-state index in [0.717, 1.165) is 4.47 Å². The first-order valence-electron chi connectivity index (χ1n) is 6.47. The number of rotatable bonds is 6. The third kappa shape index (κ3) is 5.20. The maximum absolute atomic E-state index is 11.8. The molecule has 0 saturated carbocycles. The lowest BCUT2D eigenvalue weighted by atomic mass is 10.0. The highest BCUT2D eigenvalue weighted by molar-refractivity contribution is 9.10. The fourth-order valence-electron chi connectivity index (χ4n) is 1.81. The maximum atomic E-state index is 11.8. The van der Waals surface area contributed by atoms with Crippen molar-refractivity contribution in [3.8, 4) is 11.8 Å². The molecule has 0 aromatic heterocycles. The van der Waals surface area contributed by atoms with Gasteiger partial charge in [-0.25, -0.2) is 0 Å². The molecule has 5 nitrogen and oxygen atoms in total. The Bertz CT molecular complexity index is 579. The van der Waals surface area contributed by atoms with Crippen molar-refractivity contribution in [2.24, 2.45) is 5.92 Å². The summed E-state index contributed by atoms with van der Waals surface area (Å²) in [6.07, 6.45) is 0. The number of ketones is 1. The summed E-state index contributed by atoms with van der Waals surface area (Å²) in [6.45, 7) is 4.91. The van der Waals surface area contributed by atoms with Gasteiger partial charge in [0, 0.05) is 4.47 Å². The van der Waals surface area contributed by atoms with Gasteiger partial charge in [-0.2, -0.15) is 5.26 Å². The molecule has 1 rings (SSSR count). The second-order valence-corrected chi connectivity index (χ2v) is 5.86. The Morgan fingerprint density at radius 2 is 2.10 bits per heavy atom. The van der Waals surface area contributed by atoms with Crippen LogP contribution in [0, 0.1) is 17.2 Å². The van der Waals surface area contributed by atoms with Crippen molar-refractivity contribution < 1.29 is 14.3 Å². The summed E-state index contributed by atoms with van der Waals surface area (Å²) in [4.78, 5) is 23.3. The van der Waals surface area contributed by atoms with Crippen LogP contribution in [0.3, 0.4) is 0 Å². The zero-order valence-corrected chi connectivity index (χ0v) is 13.7. The van der Waals surface area contributed by atoms with E-state index in [1.54, 1.807) is 18.2 Å². The first kappa shape index (κ1) is 17.2. The Morgan fingerprint density at radius 3 is 2.62 bits per heavy atom. The molecule has 1 aromatic carbocycles. The first-order chi connectivity index (χ1) is 9.85. The summed E-state index contributed by atoms with van der Waals surface area (Å²) in [7, 11) is 0. The molecule has 1 unspecified atom stereocenters. The van der Waals surface area contributed by atoms with Gasteiger partial charge in [-0.05, 0) is 31.0 Å². The summed E-state index contributed by atoms with van der Waals surface area (Å²) in [6, 6.07) is 6.42. The number of nitriles is 1. The first-order valence-corrected chi connectivity index (χ1v) is 7.26. The number of amides is 1. The zero-order chi connectivity index (χ0) is 16.0. The van der Waals surface area contributed by atoms with Crippen LogP contribution >= 0.6 is 15.9 Å². The van der Waals surface area contributed by atoms with Crippen LogP contribution in [0.2, 0.25) is 0 Å². The van der Waals surface area contributed by atoms with Crippen molar-refractivity contribution in [3.63, 3.8) is 0 Å². The summed E-state index contributed by atoms with van der Waals surface area (Å²) >= 11 is 3.26. The minimum absolute atomic E-state index is 0.00815. The number of carbonyl (C=O) groups excluding carboxylic acids is 2. The topological polar surface area (TPSA) is 79.2 Å². The number of nitrogens with zero attached hydrogens (tertiary/aromatic N) is 1. The second-order valence-electron chi connectivity index (χ2n) is 4.94. The second kappa shape index (κ2) is 7.79. The number of nitrogens with one attached hydrogen (secondary N) is 1. The monoisotopic (exact) mass is 352 g/mol. The van der Waals surface area contributed by atoms with Crippen LogP contribution < -0.4 is 10.1 Å². The molecule has 0 heterocycles. The lowest BCUT2D eigenvalue weighted by Crippen LogP contribution is -2.45. The predicted octanol–water partition coefficient (Wildman–Crippen LogP) is 2.43. The number of ether oxygens (including phenoxy) is 1. The third-order valence-electron chi connectivity index (χ3n) is 2.84. The number of carbonyl (C=O) groups is 2. The van der Waals surface area contributed by atoms with Crippen LogP contribution in [-0.4, -0.2) is 24.3 Å². The molecular weight excluding hydrogens is 336 g/mol. The van der Waals surface area contributed by atoms with E-state index < -0.39 is 11.9 Å². The molecule has 0 fully saturated rings. The van der Waals surface area contributed by atoms with E-state index in [1.165, 1.54) is 6.92 Å². The summed E-state index contributed by atoms with van der Waals surface area (Å²) in [5, 5.41) is 11.6. The van der Waals surface area contributed by atoms with Crippen LogP contribution in [0.15, 0.2) is 22.7 Å². The molecule has 1 amide bonds. The molecule has 112 valence electrons. The number of halogens is 1. The number of benzene rings is 1. The van der Waals surface area contributed by atoms with E-state index in [-0.39, 0.29) is 18.3 Å². The van der Waals surface area contributed by atoms with Crippen molar-refractivity contribution in [3.05, 3.63) is 28.2 Å². The van der Waals surface area contributed by atoms with Gasteiger partial charge in [0.05, 0.1) is 11.6 Å². The van der Waals surface area contributed by atoms with Gasteiger partial charge in [0.15, 0.2) is 12.4 Å². The van der Waals surface area contributed by atoms with Crippen LogP contribution in [-0.2, 0) is 9.59 Å². The van der Waals surface area contributed by atoms with E-state index in [4.69, 9.17) is 10.00 Å². The van der Waals surface area contributed by atoms with E-state index in [2.05, 4.69) is 21.2 Å². The van der Waals surface area contributed by atoms with Gasteiger partial charge in [-0.1, -0.05) is 29.8 Å². The Kier molecular flexibility index (Phi) is 6.38. The highest BCUT2D eigenvalue weighted by atomic mass is 79.9. The highest BCUT2D eigenvalue weighted by Crippen LogP contribution is 2.22. The fourth-order valence-corrected chi connectivity index (χ4v) is 2.17. The number of hydrogen-bond donors (Lipinski definition) is 1. The molecule has 0 aliphatic carbocycles. The van der Waals surface area contributed by atoms with Gasteiger partial charge >= 0.3 is 0 Å². The van der Waals surface area contributed by atoms with E-state index in [1.807, 2.05) is 19.9 Å².